The molecule has 0 aliphatic carbocycles. The van der Waals surface area contributed by atoms with Gasteiger partial charge in [0, 0.05) is 12.4 Å². The number of benzene rings is 1. The van der Waals surface area contributed by atoms with Crippen LogP contribution in [0.5, 0.6) is 5.75 Å². The molecule has 0 fully saturated rings. The number of rotatable bonds is 2. The van der Waals surface area contributed by atoms with Crippen molar-refractivity contribution < 1.29 is 4.74 Å². The van der Waals surface area contributed by atoms with Crippen molar-refractivity contribution in [2.24, 2.45) is 0 Å². The molecule has 0 saturated heterocycles. The van der Waals surface area contributed by atoms with E-state index in [9.17, 15) is 0 Å². The molecule has 2 aromatic rings. The van der Waals surface area contributed by atoms with Crippen LogP contribution in [-0.2, 0) is 0 Å². The molecule has 2 rings (SSSR count). The van der Waals surface area contributed by atoms with Crippen LogP contribution in [0.15, 0.2) is 36.7 Å². The summed E-state index contributed by atoms with van der Waals surface area (Å²) < 4.78 is 7.06. The Kier molecular flexibility index (Phi) is 2.23. The van der Waals surface area contributed by atoms with E-state index in [1.165, 1.54) is 5.56 Å². The largest absolute Gasteiger partial charge is 0.494 e. The molecule has 0 saturated carbocycles. The van der Waals surface area contributed by atoms with Crippen LogP contribution in [0.25, 0.3) is 5.69 Å². The number of nitrogens with zero attached hydrogens (tertiary/aromatic N) is 2. The monoisotopic (exact) mass is 188 g/mol. The van der Waals surface area contributed by atoms with Crippen LogP contribution < -0.4 is 4.74 Å². The molecule has 14 heavy (non-hydrogen) atoms. The highest BCUT2D eigenvalue weighted by Gasteiger charge is 2.04. The van der Waals surface area contributed by atoms with Gasteiger partial charge < -0.3 is 4.74 Å². The van der Waals surface area contributed by atoms with Gasteiger partial charge in [0.2, 0.25) is 0 Å². The van der Waals surface area contributed by atoms with Crippen molar-refractivity contribution in [2.45, 2.75) is 6.92 Å². The second-order valence-corrected chi connectivity index (χ2v) is 3.13. The van der Waals surface area contributed by atoms with E-state index in [0.29, 0.717) is 0 Å². The fourth-order valence-electron chi connectivity index (χ4n) is 1.39. The molecule has 0 bridgehead atoms. The Morgan fingerprint density at radius 2 is 2.21 bits per heavy atom. The molecule has 0 unspecified atom stereocenters. The van der Waals surface area contributed by atoms with E-state index in [1.54, 1.807) is 18.0 Å². The molecule has 0 atom stereocenters. The highest BCUT2D eigenvalue weighted by molar-refractivity contribution is 5.48. The zero-order valence-electron chi connectivity index (χ0n) is 8.27. The molecule has 72 valence electrons. The van der Waals surface area contributed by atoms with Crippen LogP contribution >= 0.6 is 0 Å². The van der Waals surface area contributed by atoms with Crippen molar-refractivity contribution in [3.63, 3.8) is 0 Å². The van der Waals surface area contributed by atoms with E-state index in [0.717, 1.165) is 11.4 Å². The molecule has 3 nitrogen and oxygen atoms in total. The maximum atomic E-state index is 5.26. The van der Waals surface area contributed by atoms with Gasteiger partial charge in [0.25, 0.3) is 0 Å². The Morgan fingerprint density at radius 1 is 1.36 bits per heavy atom. The maximum Gasteiger partial charge on any atom is 0.144 e. The molecule has 3 heteroatoms. The number of aromatic nitrogens is 2. The zero-order chi connectivity index (χ0) is 9.97. The Balaban J connectivity index is 2.55. The minimum absolute atomic E-state index is 0.833. The molecule has 0 N–H and O–H groups in total. The minimum Gasteiger partial charge on any atom is -0.494 e. The van der Waals surface area contributed by atoms with Crippen molar-refractivity contribution in [1.29, 1.82) is 0 Å². The molecule has 0 amide bonds. The van der Waals surface area contributed by atoms with E-state index in [1.807, 2.05) is 37.4 Å². The van der Waals surface area contributed by atoms with Crippen LogP contribution in [0, 0.1) is 6.92 Å². The summed E-state index contributed by atoms with van der Waals surface area (Å²) in [6.07, 6.45) is 3.65. The fraction of sp³-hybridized carbons (Fsp3) is 0.182. The van der Waals surface area contributed by atoms with Crippen molar-refractivity contribution in [1.82, 2.24) is 9.78 Å². The predicted molar refractivity (Wildman–Crippen MR) is 54.9 cm³/mol. The molecule has 1 heterocycles. The summed E-state index contributed by atoms with van der Waals surface area (Å²) in [5.74, 6) is 0.833. The third-order valence-electron chi connectivity index (χ3n) is 2.09. The Morgan fingerprint density at radius 3 is 2.86 bits per heavy atom. The van der Waals surface area contributed by atoms with E-state index < -0.39 is 0 Å². The molecule has 0 spiro atoms. The molecular weight excluding hydrogens is 176 g/mol. The van der Waals surface area contributed by atoms with Crippen LogP contribution in [0.2, 0.25) is 0 Å². The average Bonchev–Trinajstić information content (AvgIpc) is 2.70. The van der Waals surface area contributed by atoms with Gasteiger partial charge >= 0.3 is 0 Å². The first-order valence-corrected chi connectivity index (χ1v) is 4.46. The van der Waals surface area contributed by atoms with Gasteiger partial charge in [-0.1, -0.05) is 6.07 Å². The summed E-state index contributed by atoms with van der Waals surface area (Å²) in [5.41, 5.74) is 2.16. The number of hydrogen-bond acceptors (Lipinski definition) is 2. The lowest BCUT2D eigenvalue weighted by atomic mass is 10.2. The van der Waals surface area contributed by atoms with Gasteiger partial charge in [0.1, 0.15) is 11.4 Å². The lowest BCUT2D eigenvalue weighted by Gasteiger charge is -2.08. The predicted octanol–water partition coefficient (Wildman–Crippen LogP) is 2.19. The molecule has 0 radical (unpaired) electrons. The van der Waals surface area contributed by atoms with Crippen molar-refractivity contribution in [3.05, 3.63) is 42.2 Å². The lowest BCUT2D eigenvalue weighted by molar-refractivity contribution is 0.411. The number of hydrogen-bond donors (Lipinski definition) is 0. The average molecular weight is 188 g/mol. The van der Waals surface area contributed by atoms with Gasteiger partial charge in [0.15, 0.2) is 0 Å². The van der Waals surface area contributed by atoms with E-state index in [2.05, 4.69) is 5.10 Å². The number of methoxy groups -OCH3 is 1. The van der Waals surface area contributed by atoms with Gasteiger partial charge in [-0.2, -0.15) is 5.10 Å². The normalized spacial score (nSPS) is 10.1. The maximum absolute atomic E-state index is 5.26. The van der Waals surface area contributed by atoms with E-state index >= 15 is 0 Å². The van der Waals surface area contributed by atoms with Crippen LogP contribution in [0.4, 0.5) is 0 Å². The van der Waals surface area contributed by atoms with Crippen molar-refractivity contribution in [2.75, 3.05) is 7.11 Å². The minimum atomic E-state index is 0.833. The SMILES string of the molecule is COc1ccc(C)cc1-n1cccn1. The standard InChI is InChI=1S/C11H12N2O/c1-9-4-5-11(14-2)10(8-9)13-7-3-6-12-13/h3-8H,1-2H3. The first kappa shape index (κ1) is 8.81. The third kappa shape index (κ3) is 1.48. The van der Waals surface area contributed by atoms with Gasteiger partial charge in [-0.15, -0.1) is 0 Å². The molecule has 1 aromatic carbocycles. The van der Waals surface area contributed by atoms with Crippen molar-refractivity contribution >= 4 is 0 Å². The van der Waals surface area contributed by atoms with Crippen LogP contribution in [0.3, 0.4) is 0 Å². The van der Waals surface area contributed by atoms with Crippen molar-refractivity contribution in [3.8, 4) is 11.4 Å². The summed E-state index contributed by atoms with van der Waals surface area (Å²) in [4.78, 5) is 0. The van der Waals surface area contributed by atoms with E-state index in [-0.39, 0.29) is 0 Å². The summed E-state index contributed by atoms with van der Waals surface area (Å²) in [7, 11) is 1.66. The second kappa shape index (κ2) is 3.54. The van der Waals surface area contributed by atoms with Crippen LogP contribution in [0.1, 0.15) is 5.56 Å². The highest BCUT2D eigenvalue weighted by atomic mass is 16.5. The first-order valence-electron chi connectivity index (χ1n) is 4.46. The summed E-state index contributed by atoms with van der Waals surface area (Å²) >= 11 is 0. The first-order chi connectivity index (χ1) is 6.81. The topological polar surface area (TPSA) is 27.1 Å². The Labute approximate surface area is 82.9 Å². The van der Waals surface area contributed by atoms with Crippen LogP contribution in [-0.4, -0.2) is 16.9 Å². The Hall–Kier alpha value is -1.77. The molecule has 0 aliphatic heterocycles. The molecule has 1 aromatic heterocycles. The fourth-order valence-corrected chi connectivity index (χ4v) is 1.39. The Bertz CT molecular complexity index is 421. The van der Waals surface area contributed by atoms with Gasteiger partial charge in [0.05, 0.1) is 7.11 Å². The highest BCUT2D eigenvalue weighted by Crippen LogP contribution is 2.22. The number of ether oxygens (including phenoxy) is 1. The molecule has 0 aliphatic rings. The molecular formula is C11H12N2O. The summed E-state index contributed by atoms with van der Waals surface area (Å²) in [5, 5.41) is 4.17. The summed E-state index contributed by atoms with van der Waals surface area (Å²) in [6, 6.07) is 7.91. The zero-order valence-corrected chi connectivity index (χ0v) is 8.27. The van der Waals surface area contributed by atoms with Gasteiger partial charge in [-0.25, -0.2) is 4.68 Å². The summed E-state index contributed by atoms with van der Waals surface area (Å²) in [6.45, 7) is 2.05. The van der Waals surface area contributed by atoms with Gasteiger partial charge in [-0.05, 0) is 30.7 Å². The van der Waals surface area contributed by atoms with Gasteiger partial charge in [-0.3, -0.25) is 0 Å². The number of aryl methyl sites for hydroxylation is 1. The lowest BCUT2D eigenvalue weighted by Crippen LogP contribution is -1.98. The quantitative estimate of drug-likeness (QED) is 0.722. The van der Waals surface area contributed by atoms with E-state index in [4.69, 9.17) is 4.74 Å². The smallest absolute Gasteiger partial charge is 0.144 e. The third-order valence-corrected chi connectivity index (χ3v) is 2.09. The second-order valence-electron chi connectivity index (χ2n) is 3.13.